The molecule has 1 unspecified atom stereocenters. The van der Waals surface area contributed by atoms with Crippen LogP contribution in [0, 0.1) is 5.92 Å². The first-order valence-corrected chi connectivity index (χ1v) is 3.29. The van der Waals surface area contributed by atoms with Crippen molar-refractivity contribution in [1.29, 1.82) is 0 Å². The lowest BCUT2D eigenvalue weighted by Crippen LogP contribution is -2.33. The predicted molar refractivity (Wildman–Crippen MR) is 41.3 cm³/mol. The van der Waals surface area contributed by atoms with Crippen LogP contribution in [0.1, 0.15) is 13.3 Å². The van der Waals surface area contributed by atoms with Crippen LogP contribution in [0.15, 0.2) is 25.3 Å². The van der Waals surface area contributed by atoms with Gasteiger partial charge in [0.15, 0.2) is 5.79 Å². The Bertz CT molecular complexity index is 127. The fraction of sp³-hybridized carbons (Fsp3) is 0.500. The third kappa shape index (κ3) is 1.97. The van der Waals surface area contributed by atoms with E-state index in [1.807, 2.05) is 6.92 Å². The van der Waals surface area contributed by atoms with Crippen molar-refractivity contribution in [1.82, 2.24) is 0 Å². The molecule has 0 aromatic rings. The lowest BCUT2D eigenvalue weighted by molar-refractivity contribution is -0.147. The summed E-state index contributed by atoms with van der Waals surface area (Å²) in [4.78, 5) is 0. The second-order valence-corrected chi connectivity index (χ2v) is 2.24. The van der Waals surface area contributed by atoms with Crippen LogP contribution < -0.4 is 0 Å². The van der Waals surface area contributed by atoms with Gasteiger partial charge in [-0.1, -0.05) is 19.6 Å². The average Bonchev–Trinajstić information content (AvgIpc) is 1.90. The standard InChI is InChI=1S/C8H14O2/c1-4-7(5-2)8(9,10)6-3/h4,6-7,9-10H,1,3,5H2,2H3. The highest BCUT2D eigenvalue weighted by atomic mass is 16.5. The Morgan fingerprint density at radius 1 is 1.50 bits per heavy atom. The summed E-state index contributed by atoms with van der Waals surface area (Å²) < 4.78 is 0. The van der Waals surface area contributed by atoms with Gasteiger partial charge in [0.1, 0.15) is 0 Å². The summed E-state index contributed by atoms with van der Waals surface area (Å²) in [5.41, 5.74) is 0. The van der Waals surface area contributed by atoms with Gasteiger partial charge in [0.25, 0.3) is 0 Å². The van der Waals surface area contributed by atoms with Gasteiger partial charge in [-0.3, -0.25) is 0 Å². The summed E-state index contributed by atoms with van der Waals surface area (Å²) in [6.07, 6.45) is 3.27. The van der Waals surface area contributed by atoms with Gasteiger partial charge in [0.2, 0.25) is 0 Å². The first-order valence-electron chi connectivity index (χ1n) is 3.29. The van der Waals surface area contributed by atoms with Crippen molar-refractivity contribution in [3.8, 4) is 0 Å². The van der Waals surface area contributed by atoms with Crippen molar-refractivity contribution in [2.24, 2.45) is 5.92 Å². The van der Waals surface area contributed by atoms with Crippen LogP contribution in [-0.4, -0.2) is 16.0 Å². The van der Waals surface area contributed by atoms with Gasteiger partial charge in [-0.2, -0.15) is 0 Å². The summed E-state index contributed by atoms with van der Waals surface area (Å²) >= 11 is 0. The van der Waals surface area contributed by atoms with Crippen molar-refractivity contribution >= 4 is 0 Å². The molecule has 0 spiro atoms. The van der Waals surface area contributed by atoms with E-state index in [1.54, 1.807) is 0 Å². The molecule has 58 valence electrons. The highest BCUT2D eigenvalue weighted by molar-refractivity contribution is 4.98. The van der Waals surface area contributed by atoms with Crippen molar-refractivity contribution in [2.75, 3.05) is 0 Å². The maximum atomic E-state index is 9.15. The number of hydrogen-bond donors (Lipinski definition) is 2. The van der Waals surface area contributed by atoms with Crippen LogP contribution in [0.3, 0.4) is 0 Å². The molecule has 2 N–H and O–H groups in total. The number of aliphatic hydroxyl groups is 2. The molecular formula is C8H14O2. The van der Waals surface area contributed by atoms with Crippen molar-refractivity contribution < 1.29 is 10.2 Å². The molecule has 0 aliphatic rings. The van der Waals surface area contributed by atoms with Crippen molar-refractivity contribution in [3.63, 3.8) is 0 Å². The average molecular weight is 142 g/mol. The maximum Gasteiger partial charge on any atom is 0.188 e. The molecule has 2 heteroatoms. The van der Waals surface area contributed by atoms with Crippen LogP contribution in [-0.2, 0) is 0 Å². The van der Waals surface area contributed by atoms with Gasteiger partial charge in [-0.25, -0.2) is 0 Å². The summed E-state index contributed by atoms with van der Waals surface area (Å²) in [5.74, 6) is -2.12. The maximum absolute atomic E-state index is 9.15. The van der Waals surface area contributed by atoms with Gasteiger partial charge in [-0.15, -0.1) is 6.58 Å². The summed E-state index contributed by atoms with van der Waals surface area (Å²) in [6, 6.07) is 0. The molecule has 0 rings (SSSR count). The van der Waals surface area contributed by atoms with Gasteiger partial charge in [0.05, 0.1) is 0 Å². The van der Waals surface area contributed by atoms with Crippen molar-refractivity contribution in [2.45, 2.75) is 19.1 Å². The molecule has 0 saturated heterocycles. The van der Waals surface area contributed by atoms with Crippen LogP contribution in [0.2, 0.25) is 0 Å². The second-order valence-electron chi connectivity index (χ2n) is 2.24. The molecular weight excluding hydrogens is 128 g/mol. The van der Waals surface area contributed by atoms with Gasteiger partial charge in [-0.05, 0) is 12.5 Å². The minimum Gasteiger partial charge on any atom is -0.362 e. The lowest BCUT2D eigenvalue weighted by atomic mass is 9.96. The Balaban J connectivity index is 4.24. The molecule has 0 radical (unpaired) electrons. The van der Waals surface area contributed by atoms with Crippen LogP contribution in [0.5, 0.6) is 0 Å². The van der Waals surface area contributed by atoms with E-state index in [2.05, 4.69) is 13.2 Å². The molecule has 0 saturated carbocycles. The van der Waals surface area contributed by atoms with Crippen LogP contribution in [0.4, 0.5) is 0 Å². The van der Waals surface area contributed by atoms with E-state index < -0.39 is 5.79 Å². The zero-order valence-corrected chi connectivity index (χ0v) is 6.25. The molecule has 1 atom stereocenters. The van der Waals surface area contributed by atoms with Crippen molar-refractivity contribution in [3.05, 3.63) is 25.3 Å². The zero-order valence-electron chi connectivity index (χ0n) is 6.25. The molecule has 0 aromatic heterocycles. The Hall–Kier alpha value is -0.600. The Kier molecular flexibility index (Phi) is 3.33. The predicted octanol–water partition coefficient (Wildman–Crippen LogP) is 1.07. The zero-order chi connectivity index (χ0) is 8.20. The quantitative estimate of drug-likeness (QED) is 0.455. The third-order valence-corrected chi connectivity index (χ3v) is 1.57. The lowest BCUT2D eigenvalue weighted by Gasteiger charge is -2.24. The largest absolute Gasteiger partial charge is 0.362 e. The molecule has 0 bridgehead atoms. The summed E-state index contributed by atoms with van der Waals surface area (Å²) in [6.45, 7) is 8.64. The topological polar surface area (TPSA) is 40.5 Å². The highest BCUT2D eigenvalue weighted by Gasteiger charge is 2.26. The molecule has 0 aliphatic heterocycles. The minimum atomic E-state index is -1.80. The first kappa shape index (κ1) is 9.40. The highest BCUT2D eigenvalue weighted by Crippen LogP contribution is 2.19. The molecule has 0 amide bonds. The van der Waals surface area contributed by atoms with Crippen LogP contribution in [0.25, 0.3) is 0 Å². The Labute approximate surface area is 61.5 Å². The van der Waals surface area contributed by atoms with E-state index in [-0.39, 0.29) is 5.92 Å². The van der Waals surface area contributed by atoms with E-state index in [1.165, 1.54) is 6.08 Å². The van der Waals surface area contributed by atoms with Gasteiger partial charge >= 0.3 is 0 Å². The third-order valence-electron chi connectivity index (χ3n) is 1.57. The van der Waals surface area contributed by atoms with E-state index in [0.717, 1.165) is 6.08 Å². The fourth-order valence-corrected chi connectivity index (χ4v) is 0.792. The molecule has 0 aromatic carbocycles. The fourth-order valence-electron chi connectivity index (χ4n) is 0.792. The summed E-state index contributed by atoms with van der Waals surface area (Å²) in [7, 11) is 0. The Morgan fingerprint density at radius 3 is 2.10 bits per heavy atom. The molecule has 2 nitrogen and oxygen atoms in total. The van der Waals surface area contributed by atoms with Gasteiger partial charge < -0.3 is 10.2 Å². The first-order chi connectivity index (χ1) is 4.58. The number of rotatable bonds is 4. The smallest absolute Gasteiger partial charge is 0.188 e. The monoisotopic (exact) mass is 142 g/mol. The van der Waals surface area contributed by atoms with E-state index >= 15 is 0 Å². The molecule has 0 heterocycles. The normalized spacial score (nSPS) is 14.3. The summed E-state index contributed by atoms with van der Waals surface area (Å²) in [5, 5.41) is 18.3. The van der Waals surface area contributed by atoms with E-state index in [0.29, 0.717) is 6.42 Å². The van der Waals surface area contributed by atoms with Gasteiger partial charge in [0, 0.05) is 5.92 Å². The second kappa shape index (κ2) is 3.54. The molecule has 0 aliphatic carbocycles. The molecule has 10 heavy (non-hydrogen) atoms. The minimum absolute atomic E-state index is 0.329. The molecule has 0 fully saturated rings. The number of hydrogen-bond acceptors (Lipinski definition) is 2. The van der Waals surface area contributed by atoms with E-state index in [9.17, 15) is 0 Å². The SMILES string of the molecule is C=CC(CC)C(O)(O)C=C. The van der Waals surface area contributed by atoms with E-state index in [4.69, 9.17) is 10.2 Å². The van der Waals surface area contributed by atoms with Crippen LogP contribution >= 0.6 is 0 Å². The Morgan fingerprint density at radius 2 is 2.00 bits per heavy atom.